The standard InChI is InChI=1S/C14H17BrN4O/c1-16-9-10-4-5-13(11(15)8-10)19-7-6-12(17-19)14(20)18(2)3/h4-8,16H,9H2,1-3H3. The Morgan fingerprint density at radius 2 is 2.15 bits per heavy atom. The number of hydrogen-bond donors (Lipinski definition) is 1. The van der Waals surface area contributed by atoms with E-state index in [2.05, 4.69) is 26.3 Å². The first-order valence-electron chi connectivity index (χ1n) is 6.23. The van der Waals surface area contributed by atoms with E-state index in [-0.39, 0.29) is 5.91 Å². The lowest BCUT2D eigenvalue weighted by atomic mass is 10.2. The zero-order valence-corrected chi connectivity index (χ0v) is 13.3. The van der Waals surface area contributed by atoms with Crippen LogP contribution in [0.3, 0.4) is 0 Å². The van der Waals surface area contributed by atoms with Gasteiger partial charge in [0, 0.05) is 31.3 Å². The molecule has 0 aliphatic heterocycles. The van der Waals surface area contributed by atoms with Gasteiger partial charge in [-0.15, -0.1) is 0 Å². The highest BCUT2D eigenvalue weighted by Crippen LogP contribution is 2.22. The van der Waals surface area contributed by atoms with Crippen molar-refractivity contribution < 1.29 is 4.79 Å². The number of carbonyl (C=O) groups excluding carboxylic acids is 1. The number of nitrogens with one attached hydrogen (secondary N) is 1. The van der Waals surface area contributed by atoms with Crippen LogP contribution in [0.5, 0.6) is 0 Å². The predicted octanol–water partition coefficient (Wildman–Crippen LogP) is 2.06. The van der Waals surface area contributed by atoms with Crippen molar-refractivity contribution in [3.63, 3.8) is 0 Å². The van der Waals surface area contributed by atoms with Crippen molar-refractivity contribution in [2.45, 2.75) is 6.54 Å². The summed E-state index contributed by atoms with van der Waals surface area (Å²) in [4.78, 5) is 13.4. The van der Waals surface area contributed by atoms with Gasteiger partial charge in [0.15, 0.2) is 5.69 Å². The number of hydrogen-bond acceptors (Lipinski definition) is 3. The Balaban J connectivity index is 2.30. The number of rotatable bonds is 4. The van der Waals surface area contributed by atoms with E-state index in [1.807, 2.05) is 25.2 Å². The van der Waals surface area contributed by atoms with Crippen LogP contribution in [0.1, 0.15) is 16.1 Å². The Kier molecular flexibility index (Phi) is 4.57. The van der Waals surface area contributed by atoms with Crippen LogP contribution in [0.25, 0.3) is 5.69 Å². The zero-order valence-electron chi connectivity index (χ0n) is 11.7. The van der Waals surface area contributed by atoms with Gasteiger partial charge in [0.2, 0.25) is 0 Å². The zero-order chi connectivity index (χ0) is 14.7. The summed E-state index contributed by atoms with van der Waals surface area (Å²) in [6.45, 7) is 0.808. The summed E-state index contributed by atoms with van der Waals surface area (Å²) >= 11 is 3.55. The van der Waals surface area contributed by atoms with E-state index < -0.39 is 0 Å². The Bertz CT molecular complexity index is 621. The lowest BCUT2D eigenvalue weighted by Crippen LogP contribution is -2.22. The Labute approximate surface area is 126 Å². The minimum absolute atomic E-state index is 0.105. The fourth-order valence-electron chi connectivity index (χ4n) is 1.85. The molecule has 0 atom stereocenters. The number of nitrogens with zero attached hydrogens (tertiary/aromatic N) is 3. The summed E-state index contributed by atoms with van der Waals surface area (Å²) < 4.78 is 2.64. The van der Waals surface area contributed by atoms with Crippen LogP contribution in [0.2, 0.25) is 0 Å². The summed E-state index contributed by atoms with van der Waals surface area (Å²) in [5, 5.41) is 7.43. The van der Waals surface area contributed by atoms with Gasteiger partial charge in [-0.25, -0.2) is 4.68 Å². The predicted molar refractivity (Wildman–Crippen MR) is 82.0 cm³/mol. The van der Waals surface area contributed by atoms with Crippen molar-refractivity contribution in [1.29, 1.82) is 0 Å². The molecule has 0 fully saturated rings. The highest BCUT2D eigenvalue weighted by Gasteiger charge is 2.13. The molecule has 0 radical (unpaired) electrons. The lowest BCUT2D eigenvalue weighted by molar-refractivity contribution is 0.0821. The maximum Gasteiger partial charge on any atom is 0.273 e. The first-order valence-corrected chi connectivity index (χ1v) is 7.03. The normalized spacial score (nSPS) is 10.6. The molecule has 6 heteroatoms. The molecule has 2 rings (SSSR count). The van der Waals surface area contributed by atoms with Crippen molar-refractivity contribution in [3.05, 3.63) is 46.2 Å². The molecule has 0 unspecified atom stereocenters. The molecule has 1 aromatic heterocycles. The molecule has 1 heterocycles. The third-order valence-corrected chi connectivity index (χ3v) is 3.49. The number of halogens is 1. The van der Waals surface area contributed by atoms with E-state index in [1.54, 1.807) is 31.0 Å². The van der Waals surface area contributed by atoms with E-state index in [0.29, 0.717) is 5.69 Å². The Morgan fingerprint density at radius 1 is 1.40 bits per heavy atom. The quantitative estimate of drug-likeness (QED) is 0.929. The van der Waals surface area contributed by atoms with E-state index in [4.69, 9.17) is 0 Å². The van der Waals surface area contributed by atoms with Crippen molar-refractivity contribution in [2.75, 3.05) is 21.1 Å². The smallest absolute Gasteiger partial charge is 0.273 e. The van der Waals surface area contributed by atoms with E-state index in [9.17, 15) is 4.79 Å². The summed E-state index contributed by atoms with van der Waals surface area (Å²) in [5.74, 6) is -0.105. The van der Waals surface area contributed by atoms with Gasteiger partial charge >= 0.3 is 0 Å². The molecule has 1 N–H and O–H groups in total. The van der Waals surface area contributed by atoms with E-state index in [1.165, 1.54) is 10.5 Å². The SMILES string of the molecule is CNCc1ccc(-n2ccc(C(=O)N(C)C)n2)c(Br)c1. The average molecular weight is 337 g/mol. The summed E-state index contributed by atoms with van der Waals surface area (Å²) in [6, 6.07) is 7.77. The highest BCUT2D eigenvalue weighted by atomic mass is 79.9. The van der Waals surface area contributed by atoms with Gasteiger partial charge in [-0.1, -0.05) is 6.07 Å². The van der Waals surface area contributed by atoms with Gasteiger partial charge in [0.25, 0.3) is 5.91 Å². The van der Waals surface area contributed by atoms with Gasteiger partial charge in [-0.05, 0) is 46.7 Å². The molecule has 5 nitrogen and oxygen atoms in total. The number of amides is 1. The van der Waals surface area contributed by atoms with E-state index >= 15 is 0 Å². The van der Waals surface area contributed by atoms with Crippen molar-refractivity contribution >= 4 is 21.8 Å². The molecule has 0 bridgehead atoms. The van der Waals surface area contributed by atoms with Gasteiger partial charge < -0.3 is 10.2 Å². The minimum atomic E-state index is -0.105. The van der Waals surface area contributed by atoms with Crippen LogP contribution in [-0.2, 0) is 6.54 Å². The summed E-state index contributed by atoms with van der Waals surface area (Å²) in [7, 11) is 5.34. The van der Waals surface area contributed by atoms with Crippen molar-refractivity contribution in [2.24, 2.45) is 0 Å². The molecule has 0 aliphatic carbocycles. The average Bonchev–Trinajstić information content (AvgIpc) is 2.87. The van der Waals surface area contributed by atoms with Gasteiger partial charge in [-0.2, -0.15) is 5.10 Å². The fraction of sp³-hybridized carbons (Fsp3) is 0.286. The van der Waals surface area contributed by atoms with Gasteiger partial charge in [0.05, 0.1) is 5.69 Å². The summed E-state index contributed by atoms with van der Waals surface area (Å²) in [5.41, 5.74) is 2.52. The maximum atomic E-state index is 11.8. The number of carbonyl (C=O) groups is 1. The fourth-order valence-corrected chi connectivity index (χ4v) is 2.46. The Morgan fingerprint density at radius 3 is 2.75 bits per heavy atom. The molecule has 1 aromatic carbocycles. The van der Waals surface area contributed by atoms with Crippen molar-refractivity contribution in [1.82, 2.24) is 20.0 Å². The first kappa shape index (κ1) is 14.7. The highest BCUT2D eigenvalue weighted by molar-refractivity contribution is 9.10. The van der Waals surface area contributed by atoms with Gasteiger partial charge in [-0.3, -0.25) is 4.79 Å². The van der Waals surface area contributed by atoms with Crippen LogP contribution in [-0.4, -0.2) is 41.7 Å². The van der Waals surface area contributed by atoms with Crippen LogP contribution < -0.4 is 5.32 Å². The molecule has 20 heavy (non-hydrogen) atoms. The van der Waals surface area contributed by atoms with Gasteiger partial charge in [0.1, 0.15) is 0 Å². The summed E-state index contributed by atoms with van der Waals surface area (Å²) in [6.07, 6.45) is 1.79. The molecular formula is C14H17BrN4O. The third-order valence-electron chi connectivity index (χ3n) is 2.85. The molecule has 0 aliphatic rings. The molecule has 0 saturated carbocycles. The van der Waals surface area contributed by atoms with Crippen LogP contribution in [0.4, 0.5) is 0 Å². The number of aromatic nitrogens is 2. The Hall–Kier alpha value is -1.66. The second-order valence-electron chi connectivity index (χ2n) is 4.66. The lowest BCUT2D eigenvalue weighted by Gasteiger charge is -2.08. The topological polar surface area (TPSA) is 50.2 Å². The van der Waals surface area contributed by atoms with Crippen LogP contribution >= 0.6 is 15.9 Å². The van der Waals surface area contributed by atoms with Crippen LogP contribution in [0, 0.1) is 0 Å². The molecule has 2 aromatic rings. The molecular weight excluding hydrogens is 320 g/mol. The molecule has 106 valence electrons. The number of benzene rings is 1. The molecule has 1 amide bonds. The minimum Gasteiger partial charge on any atom is -0.343 e. The second kappa shape index (κ2) is 6.19. The second-order valence-corrected chi connectivity index (χ2v) is 5.52. The molecule has 0 saturated heterocycles. The first-order chi connectivity index (χ1) is 9.52. The van der Waals surface area contributed by atoms with Crippen molar-refractivity contribution in [3.8, 4) is 5.69 Å². The maximum absolute atomic E-state index is 11.8. The largest absolute Gasteiger partial charge is 0.343 e. The van der Waals surface area contributed by atoms with E-state index in [0.717, 1.165) is 16.7 Å². The monoisotopic (exact) mass is 336 g/mol. The molecule has 0 spiro atoms. The van der Waals surface area contributed by atoms with Crippen LogP contribution in [0.15, 0.2) is 34.9 Å². The third kappa shape index (κ3) is 3.08.